The van der Waals surface area contributed by atoms with Crippen molar-refractivity contribution < 1.29 is 4.74 Å². The summed E-state index contributed by atoms with van der Waals surface area (Å²) in [5.41, 5.74) is 0. The summed E-state index contributed by atoms with van der Waals surface area (Å²) in [7, 11) is 0. The molecular formula is C16H22OS. The lowest BCUT2D eigenvalue weighted by Crippen LogP contribution is -2.11. The van der Waals surface area contributed by atoms with E-state index in [1.54, 1.807) is 11.8 Å². The van der Waals surface area contributed by atoms with Crippen molar-refractivity contribution in [1.82, 2.24) is 0 Å². The van der Waals surface area contributed by atoms with Gasteiger partial charge in [0.05, 0.1) is 6.61 Å². The van der Waals surface area contributed by atoms with Crippen molar-refractivity contribution in [2.24, 2.45) is 5.92 Å². The van der Waals surface area contributed by atoms with Crippen molar-refractivity contribution in [3.05, 3.63) is 41.5 Å². The molecule has 1 saturated carbocycles. The van der Waals surface area contributed by atoms with E-state index in [9.17, 15) is 0 Å². The van der Waals surface area contributed by atoms with Crippen molar-refractivity contribution in [3.8, 4) is 0 Å². The summed E-state index contributed by atoms with van der Waals surface area (Å²) in [6.45, 7) is 2.85. The lowest BCUT2D eigenvalue weighted by atomic mass is 9.88. The molecule has 1 aromatic carbocycles. The summed E-state index contributed by atoms with van der Waals surface area (Å²) >= 11 is 1.78. The molecule has 0 spiro atoms. The predicted octanol–water partition coefficient (Wildman–Crippen LogP) is 5.24. The van der Waals surface area contributed by atoms with Crippen LogP contribution in [0.3, 0.4) is 0 Å². The SMILES string of the molecule is CCO/C(=C/Sc1ccccc1)C1CCCCC1. The first-order valence-electron chi connectivity index (χ1n) is 6.94. The first-order valence-corrected chi connectivity index (χ1v) is 7.82. The first-order chi connectivity index (χ1) is 8.90. The van der Waals surface area contributed by atoms with Crippen molar-refractivity contribution in [2.75, 3.05) is 6.61 Å². The maximum atomic E-state index is 5.84. The van der Waals surface area contributed by atoms with Gasteiger partial charge in [0.1, 0.15) is 5.76 Å². The number of allylic oxidation sites excluding steroid dienone is 1. The minimum atomic E-state index is 0.648. The molecule has 0 aliphatic heterocycles. The second-order valence-electron chi connectivity index (χ2n) is 4.72. The third-order valence-corrected chi connectivity index (χ3v) is 4.27. The highest BCUT2D eigenvalue weighted by Gasteiger charge is 2.18. The fourth-order valence-corrected chi connectivity index (χ4v) is 3.25. The van der Waals surface area contributed by atoms with Crippen molar-refractivity contribution in [3.63, 3.8) is 0 Å². The van der Waals surface area contributed by atoms with E-state index in [-0.39, 0.29) is 0 Å². The molecule has 1 aliphatic rings. The van der Waals surface area contributed by atoms with E-state index >= 15 is 0 Å². The maximum absolute atomic E-state index is 5.84. The highest BCUT2D eigenvalue weighted by atomic mass is 32.2. The molecule has 0 radical (unpaired) electrons. The molecule has 98 valence electrons. The molecule has 0 unspecified atom stereocenters. The Bertz CT molecular complexity index is 366. The zero-order valence-electron chi connectivity index (χ0n) is 11.1. The standard InChI is InChI=1S/C16H22OS/c1-2-17-16(14-9-5-3-6-10-14)13-18-15-11-7-4-8-12-15/h4,7-8,11-14H,2-3,5-6,9-10H2,1H3/b16-13+. The monoisotopic (exact) mass is 262 g/mol. The summed E-state index contributed by atoms with van der Waals surface area (Å²) in [4.78, 5) is 1.28. The number of hydrogen-bond acceptors (Lipinski definition) is 2. The topological polar surface area (TPSA) is 9.23 Å². The van der Waals surface area contributed by atoms with Crippen LogP contribution >= 0.6 is 11.8 Å². The second-order valence-corrected chi connectivity index (χ2v) is 5.66. The summed E-state index contributed by atoms with van der Waals surface area (Å²) < 4.78 is 5.84. The van der Waals surface area contributed by atoms with E-state index in [2.05, 4.69) is 42.7 Å². The third-order valence-electron chi connectivity index (χ3n) is 3.37. The van der Waals surface area contributed by atoms with Gasteiger partial charge in [0.25, 0.3) is 0 Å². The number of rotatable bonds is 5. The van der Waals surface area contributed by atoms with E-state index in [0.717, 1.165) is 6.61 Å². The molecule has 2 heteroatoms. The Hall–Kier alpha value is -0.890. The van der Waals surface area contributed by atoms with Gasteiger partial charge >= 0.3 is 0 Å². The van der Waals surface area contributed by atoms with Gasteiger partial charge in [-0.1, -0.05) is 49.2 Å². The van der Waals surface area contributed by atoms with Crippen molar-refractivity contribution in [1.29, 1.82) is 0 Å². The first kappa shape index (κ1) is 13.5. The van der Waals surface area contributed by atoms with Crippen molar-refractivity contribution in [2.45, 2.75) is 43.9 Å². The van der Waals surface area contributed by atoms with Gasteiger partial charge in [0.15, 0.2) is 0 Å². The minimum Gasteiger partial charge on any atom is -0.497 e. The zero-order chi connectivity index (χ0) is 12.6. The van der Waals surface area contributed by atoms with E-state index in [4.69, 9.17) is 4.74 Å². The van der Waals surface area contributed by atoms with Gasteiger partial charge in [-0.3, -0.25) is 0 Å². The van der Waals surface area contributed by atoms with Gasteiger partial charge < -0.3 is 4.74 Å². The van der Waals surface area contributed by atoms with Crippen molar-refractivity contribution >= 4 is 11.8 Å². The van der Waals surface area contributed by atoms with E-state index in [1.807, 2.05) is 0 Å². The highest BCUT2D eigenvalue weighted by molar-refractivity contribution is 8.02. The number of benzene rings is 1. The Morgan fingerprint density at radius 2 is 1.94 bits per heavy atom. The van der Waals surface area contributed by atoms with Crippen LogP contribution < -0.4 is 0 Å². The maximum Gasteiger partial charge on any atom is 0.106 e. The second kappa shape index (κ2) is 7.52. The minimum absolute atomic E-state index is 0.648. The summed E-state index contributed by atoms with van der Waals surface area (Å²) in [6, 6.07) is 10.5. The molecule has 0 atom stereocenters. The fraction of sp³-hybridized carbons (Fsp3) is 0.500. The number of thioether (sulfide) groups is 1. The number of hydrogen-bond donors (Lipinski definition) is 0. The third kappa shape index (κ3) is 4.09. The lowest BCUT2D eigenvalue weighted by molar-refractivity contribution is 0.173. The van der Waals surface area contributed by atoms with Crippen LogP contribution in [0.2, 0.25) is 0 Å². The van der Waals surface area contributed by atoms with Gasteiger partial charge in [-0.05, 0) is 31.9 Å². The summed E-state index contributed by atoms with van der Waals surface area (Å²) in [5, 5.41) is 2.22. The molecular weight excluding hydrogens is 240 g/mol. The molecule has 0 bridgehead atoms. The molecule has 1 fully saturated rings. The number of ether oxygens (including phenoxy) is 1. The summed E-state index contributed by atoms with van der Waals surface area (Å²) in [6.07, 6.45) is 6.68. The Kier molecular flexibility index (Phi) is 5.66. The smallest absolute Gasteiger partial charge is 0.106 e. The molecule has 0 saturated heterocycles. The van der Waals surface area contributed by atoms with Crippen LogP contribution in [0.4, 0.5) is 0 Å². The van der Waals surface area contributed by atoms with Gasteiger partial charge in [-0.25, -0.2) is 0 Å². The van der Waals surface area contributed by atoms with Gasteiger partial charge in [-0.2, -0.15) is 0 Å². The Morgan fingerprint density at radius 3 is 2.61 bits per heavy atom. The molecule has 0 amide bonds. The normalized spacial score (nSPS) is 17.7. The molecule has 0 aromatic heterocycles. The lowest BCUT2D eigenvalue weighted by Gasteiger charge is -2.24. The molecule has 2 rings (SSSR count). The Labute approximate surface area is 115 Å². The van der Waals surface area contributed by atoms with Gasteiger partial charge in [0.2, 0.25) is 0 Å². The predicted molar refractivity (Wildman–Crippen MR) is 78.6 cm³/mol. The molecule has 0 heterocycles. The fourth-order valence-electron chi connectivity index (χ4n) is 2.43. The molecule has 0 N–H and O–H groups in total. The molecule has 1 aliphatic carbocycles. The summed E-state index contributed by atoms with van der Waals surface area (Å²) in [5.74, 6) is 1.85. The molecule has 1 aromatic rings. The Morgan fingerprint density at radius 1 is 1.22 bits per heavy atom. The zero-order valence-corrected chi connectivity index (χ0v) is 11.9. The molecule has 1 nitrogen and oxygen atoms in total. The van der Waals surface area contributed by atoms with E-state index in [1.165, 1.54) is 42.8 Å². The van der Waals surface area contributed by atoms with Crippen LogP contribution in [0, 0.1) is 5.92 Å². The van der Waals surface area contributed by atoms with Crippen LogP contribution in [0.5, 0.6) is 0 Å². The van der Waals surface area contributed by atoms with Crippen LogP contribution in [0.15, 0.2) is 46.4 Å². The largest absolute Gasteiger partial charge is 0.497 e. The van der Waals surface area contributed by atoms with E-state index < -0.39 is 0 Å². The highest BCUT2D eigenvalue weighted by Crippen LogP contribution is 2.32. The van der Waals surface area contributed by atoms with Crippen LogP contribution in [-0.4, -0.2) is 6.61 Å². The van der Waals surface area contributed by atoms with E-state index in [0.29, 0.717) is 5.92 Å². The van der Waals surface area contributed by atoms with Gasteiger partial charge in [-0.15, -0.1) is 0 Å². The van der Waals surface area contributed by atoms with Crippen LogP contribution in [0.25, 0.3) is 0 Å². The van der Waals surface area contributed by atoms with Gasteiger partial charge in [0, 0.05) is 16.2 Å². The van der Waals surface area contributed by atoms with Crippen LogP contribution in [-0.2, 0) is 4.74 Å². The molecule has 18 heavy (non-hydrogen) atoms. The average molecular weight is 262 g/mol. The quantitative estimate of drug-likeness (QED) is 0.530. The average Bonchev–Trinajstić information content (AvgIpc) is 2.45. The van der Waals surface area contributed by atoms with Crippen LogP contribution in [0.1, 0.15) is 39.0 Å². The Balaban J connectivity index is 1.99.